The summed E-state index contributed by atoms with van der Waals surface area (Å²) in [5.74, 6) is -4.56. The molecule has 14 N–H and O–H groups in total. The number of carboxylic acids is 1. The van der Waals surface area contributed by atoms with Gasteiger partial charge in [-0.15, -0.1) is 0 Å². The second-order valence-corrected chi connectivity index (χ2v) is 15.5. The molecule has 0 saturated carbocycles. The number of benzene rings is 3. The number of hydrogen-bond donors (Lipinski definition) is 10. The Hall–Kier alpha value is -7.79. The molecule has 0 fully saturated rings. The van der Waals surface area contributed by atoms with Crippen LogP contribution in [0.5, 0.6) is 0 Å². The van der Waals surface area contributed by atoms with Gasteiger partial charge in [-0.25, -0.2) is 24.1 Å². The number of ether oxygens (including phenoxy) is 3. The highest BCUT2D eigenvalue weighted by molar-refractivity contribution is 5.99. The van der Waals surface area contributed by atoms with Gasteiger partial charge < -0.3 is 63.1 Å². The Balaban J connectivity index is 1.88. The second kappa shape index (κ2) is 31.2. The number of hydrogen-bond acceptors (Lipinski definition) is 14. The molecule has 23 nitrogen and oxygen atoms in total. The van der Waals surface area contributed by atoms with Crippen LogP contribution in [0.1, 0.15) is 61.6 Å². The van der Waals surface area contributed by atoms with Crippen molar-refractivity contribution in [3.8, 4) is 0 Å². The number of rotatable bonds is 28. The van der Waals surface area contributed by atoms with E-state index in [1.165, 1.54) is 0 Å². The molecular weight excluding hydrogens is 897 g/mol. The normalized spacial score (nSPS) is 11.9. The topological polar surface area (TPSA) is 362 Å². The van der Waals surface area contributed by atoms with Gasteiger partial charge in [0.1, 0.15) is 31.9 Å². The van der Waals surface area contributed by atoms with E-state index in [1.54, 1.807) is 91.0 Å². The third kappa shape index (κ3) is 22.5. The Morgan fingerprint density at radius 2 is 1.23 bits per heavy atom. The van der Waals surface area contributed by atoms with Crippen molar-refractivity contribution < 1.29 is 52.9 Å². The van der Waals surface area contributed by atoms with Crippen LogP contribution in [-0.4, -0.2) is 126 Å². The molecule has 0 unspecified atom stereocenters. The first-order valence-corrected chi connectivity index (χ1v) is 22.3. The van der Waals surface area contributed by atoms with E-state index in [-0.39, 0.29) is 77.6 Å². The minimum atomic E-state index is -1.48. The molecule has 23 heteroatoms. The van der Waals surface area contributed by atoms with Gasteiger partial charge in [0.25, 0.3) is 0 Å². The molecule has 0 aliphatic rings. The molecule has 374 valence electrons. The molecule has 0 bridgehead atoms. The van der Waals surface area contributed by atoms with E-state index in [0.717, 1.165) is 9.80 Å². The Labute approximate surface area is 400 Å². The Morgan fingerprint density at radius 1 is 0.681 bits per heavy atom. The lowest BCUT2D eigenvalue weighted by Gasteiger charge is -2.29. The first kappa shape index (κ1) is 55.5. The maximum Gasteiger partial charge on any atom is 0.416 e. The fourth-order valence-corrected chi connectivity index (χ4v) is 6.38. The summed E-state index contributed by atoms with van der Waals surface area (Å²) in [5, 5.41) is 28.3. The van der Waals surface area contributed by atoms with E-state index < -0.39 is 72.6 Å². The maximum absolute atomic E-state index is 14.6. The average Bonchev–Trinajstić information content (AvgIpc) is 3.34. The molecule has 0 radical (unpaired) electrons. The first-order valence-electron chi connectivity index (χ1n) is 22.3. The third-order valence-corrected chi connectivity index (χ3v) is 10.0. The predicted octanol–water partition coefficient (Wildman–Crippen LogP) is 1.59. The van der Waals surface area contributed by atoms with Crippen LogP contribution in [0, 0.1) is 5.41 Å². The van der Waals surface area contributed by atoms with Gasteiger partial charge in [0, 0.05) is 26.2 Å². The summed E-state index contributed by atoms with van der Waals surface area (Å²) in [6, 6.07) is 22.3. The molecule has 0 spiro atoms. The van der Waals surface area contributed by atoms with Crippen molar-refractivity contribution in [3.63, 3.8) is 0 Å². The minimum absolute atomic E-state index is 0.0692. The predicted molar refractivity (Wildman–Crippen MR) is 254 cm³/mol. The number of alkyl carbamates (subject to hydrolysis) is 2. The van der Waals surface area contributed by atoms with Gasteiger partial charge in [0.15, 0.2) is 5.96 Å². The van der Waals surface area contributed by atoms with E-state index in [4.69, 9.17) is 42.6 Å². The number of guanidine groups is 2. The summed E-state index contributed by atoms with van der Waals surface area (Å²) in [7, 11) is 0. The zero-order chi connectivity index (χ0) is 50.4. The van der Waals surface area contributed by atoms with Gasteiger partial charge in [0.05, 0.1) is 12.6 Å². The van der Waals surface area contributed by atoms with Crippen molar-refractivity contribution in [1.82, 2.24) is 31.1 Å². The average molecular weight is 961 g/mol. The number of carbonyl (C=O) groups excluding carboxylic acids is 6. The fraction of sp³-hybridized carbons (Fsp3) is 0.413. The van der Waals surface area contributed by atoms with Crippen LogP contribution in [0.15, 0.2) is 96.0 Å². The number of carboxylic acid groups (broad SMARTS) is 1. The minimum Gasteiger partial charge on any atom is -0.480 e. The summed E-state index contributed by atoms with van der Waals surface area (Å²) >= 11 is 0. The quantitative estimate of drug-likeness (QED) is 0.0214. The van der Waals surface area contributed by atoms with E-state index in [0.29, 0.717) is 42.5 Å². The number of aliphatic carboxylic acids is 1. The number of amides is 6. The van der Waals surface area contributed by atoms with Gasteiger partial charge in [-0.2, -0.15) is 0 Å². The van der Waals surface area contributed by atoms with Crippen LogP contribution in [0.25, 0.3) is 0 Å². The van der Waals surface area contributed by atoms with Crippen LogP contribution in [-0.2, 0) is 53.2 Å². The van der Waals surface area contributed by atoms with Crippen LogP contribution in [0.3, 0.4) is 0 Å². The lowest BCUT2D eigenvalue weighted by molar-refractivity contribution is -0.143. The molecule has 3 atom stereocenters. The lowest BCUT2D eigenvalue weighted by Crippen LogP contribution is -2.54. The number of nitrogens with one attached hydrogen (secondary N) is 5. The molecule has 3 aromatic rings. The molecule has 0 heterocycles. The van der Waals surface area contributed by atoms with Crippen molar-refractivity contribution in [2.45, 2.75) is 82.9 Å². The molecule has 0 aromatic heterocycles. The largest absolute Gasteiger partial charge is 0.480 e. The lowest BCUT2D eigenvalue weighted by atomic mass is 10.1. The van der Waals surface area contributed by atoms with Crippen LogP contribution in [0.4, 0.5) is 14.4 Å². The van der Waals surface area contributed by atoms with Gasteiger partial charge in [-0.1, -0.05) is 97.4 Å². The highest BCUT2D eigenvalue weighted by Gasteiger charge is 2.31. The SMILES string of the molecule is N=C(NC(=O)OCc1ccccc1)N(CCC[C@H](NC(=O)OCc1ccccc1)C(=O)N(CCNC(=O)[C@@H](N)CCCCN)CC(=O)N[C@@H](CCCN=C(N)N)C(=O)O)C(=O)OCc1ccccc1. The molecular formula is C46H64N12O11. The van der Waals surface area contributed by atoms with Crippen molar-refractivity contribution in [1.29, 1.82) is 5.41 Å². The molecule has 6 amide bonds. The van der Waals surface area contributed by atoms with E-state index in [9.17, 15) is 38.7 Å². The van der Waals surface area contributed by atoms with Crippen LogP contribution < -0.4 is 44.2 Å². The molecule has 0 saturated heterocycles. The molecule has 3 aromatic carbocycles. The van der Waals surface area contributed by atoms with Crippen molar-refractivity contribution in [2.75, 3.05) is 39.3 Å². The maximum atomic E-state index is 14.6. The van der Waals surface area contributed by atoms with E-state index in [1.807, 2.05) is 0 Å². The zero-order valence-corrected chi connectivity index (χ0v) is 38.4. The van der Waals surface area contributed by atoms with Gasteiger partial charge in [0.2, 0.25) is 23.7 Å². The number of aliphatic imine (C=N–C) groups is 1. The molecule has 0 aliphatic carbocycles. The Bertz CT molecular complexity index is 2130. The van der Waals surface area contributed by atoms with Gasteiger partial charge in [-0.3, -0.25) is 30.1 Å². The van der Waals surface area contributed by atoms with Gasteiger partial charge >= 0.3 is 24.2 Å². The standard InChI is InChI=1S/C46H64N12O11/c47-23-11-10-20-35(48)39(60)52-25-27-57(28-38(59)54-37(41(62)63)21-12-24-53-42(49)50)40(61)36(55-44(64)67-29-32-14-4-1-5-15-32)22-13-26-58(46(66)69-31-34-18-8-3-9-19-34)43(51)56-45(65)68-30-33-16-6-2-7-17-33/h1-9,14-19,35-37H,10-13,20-31,47-48H2,(H,52,60)(H,54,59)(H,55,64)(H,62,63)(H4,49,50,53)(H2,51,56,65)/t35-,36-,37-/m0/s1. The highest BCUT2D eigenvalue weighted by Crippen LogP contribution is 2.11. The third-order valence-electron chi connectivity index (χ3n) is 10.0. The Kier molecular flexibility index (Phi) is 25.1. The summed E-state index contributed by atoms with van der Waals surface area (Å²) < 4.78 is 16.1. The van der Waals surface area contributed by atoms with Crippen molar-refractivity contribution in [3.05, 3.63) is 108 Å². The van der Waals surface area contributed by atoms with Crippen LogP contribution >= 0.6 is 0 Å². The van der Waals surface area contributed by atoms with Crippen molar-refractivity contribution in [2.24, 2.45) is 27.9 Å². The number of unbranched alkanes of at least 4 members (excludes halogenated alkanes) is 1. The van der Waals surface area contributed by atoms with E-state index in [2.05, 4.69) is 26.3 Å². The smallest absolute Gasteiger partial charge is 0.416 e. The number of nitrogens with two attached hydrogens (primary N) is 4. The summed E-state index contributed by atoms with van der Waals surface area (Å²) in [6.45, 7) is -1.61. The molecule has 0 aliphatic heterocycles. The van der Waals surface area contributed by atoms with Gasteiger partial charge in [-0.05, 0) is 61.8 Å². The molecule has 69 heavy (non-hydrogen) atoms. The monoisotopic (exact) mass is 960 g/mol. The summed E-state index contributed by atoms with van der Waals surface area (Å²) in [4.78, 5) is 98.4. The summed E-state index contributed by atoms with van der Waals surface area (Å²) in [5.41, 5.74) is 24.3. The van der Waals surface area contributed by atoms with E-state index >= 15 is 0 Å². The zero-order valence-electron chi connectivity index (χ0n) is 38.4. The highest BCUT2D eigenvalue weighted by atomic mass is 16.6. The Morgan fingerprint density at radius 3 is 1.78 bits per heavy atom. The fourth-order valence-electron chi connectivity index (χ4n) is 6.38. The number of carbonyl (C=O) groups is 7. The second-order valence-electron chi connectivity index (χ2n) is 15.5. The van der Waals surface area contributed by atoms with Crippen molar-refractivity contribution >= 4 is 53.9 Å². The number of nitrogens with zero attached hydrogens (tertiary/aromatic N) is 3. The van der Waals surface area contributed by atoms with Crippen LogP contribution in [0.2, 0.25) is 0 Å². The molecule has 3 rings (SSSR count). The summed E-state index contributed by atoms with van der Waals surface area (Å²) in [6.07, 6.45) is -1.80. The first-order chi connectivity index (χ1) is 33.2.